The zero-order valence-electron chi connectivity index (χ0n) is 15.1. The lowest BCUT2D eigenvalue weighted by Crippen LogP contribution is -2.25. The predicted molar refractivity (Wildman–Crippen MR) is 96.8 cm³/mol. The fourth-order valence-corrected chi connectivity index (χ4v) is 2.70. The Kier molecular flexibility index (Phi) is 7.17. The van der Waals surface area contributed by atoms with Gasteiger partial charge < -0.3 is 10.4 Å². The van der Waals surface area contributed by atoms with Crippen LogP contribution in [0.2, 0.25) is 0 Å². The third kappa shape index (κ3) is 5.54. The quantitative estimate of drug-likeness (QED) is 0.654. The zero-order chi connectivity index (χ0) is 19.2. The number of nitrogens with zero attached hydrogens (tertiary/aromatic N) is 1. The Morgan fingerprint density at radius 3 is 2.38 bits per heavy atom. The Balaban J connectivity index is 2.22. The minimum atomic E-state index is -4.63. The van der Waals surface area contributed by atoms with Gasteiger partial charge in [-0.1, -0.05) is 55.7 Å². The number of pyridine rings is 1. The first kappa shape index (κ1) is 20.4. The Labute approximate surface area is 152 Å². The van der Waals surface area contributed by atoms with Gasteiger partial charge in [0.25, 0.3) is 0 Å². The second-order valence-electron chi connectivity index (χ2n) is 6.43. The summed E-state index contributed by atoms with van der Waals surface area (Å²) in [7, 11) is 0. The van der Waals surface area contributed by atoms with Crippen LogP contribution in [0, 0.1) is 6.92 Å². The number of unbranched alkanes of at least 4 members (excludes halogenated alkanes) is 2. The van der Waals surface area contributed by atoms with E-state index in [1.54, 1.807) is 12.1 Å². The van der Waals surface area contributed by atoms with E-state index in [-0.39, 0.29) is 17.8 Å². The molecule has 0 aliphatic rings. The summed E-state index contributed by atoms with van der Waals surface area (Å²) in [5.41, 5.74) is 0.643. The minimum Gasteiger partial charge on any atom is -0.387 e. The number of hydrogen-bond donors (Lipinski definition) is 2. The summed E-state index contributed by atoms with van der Waals surface area (Å²) in [5, 5.41) is 13.2. The van der Waals surface area contributed by atoms with Gasteiger partial charge in [-0.25, -0.2) is 4.98 Å². The van der Waals surface area contributed by atoms with Crippen LogP contribution in [0.4, 0.5) is 13.2 Å². The molecule has 1 aromatic heterocycles. The monoisotopic (exact) mass is 366 g/mol. The molecular formula is C20H25F3N2O. The van der Waals surface area contributed by atoms with Gasteiger partial charge in [0.05, 0.1) is 11.8 Å². The Morgan fingerprint density at radius 2 is 1.77 bits per heavy atom. The van der Waals surface area contributed by atoms with Crippen LogP contribution in [-0.4, -0.2) is 23.2 Å². The highest BCUT2D eigenvalue weighted by Gasteiger charge is 2.37. The van der Waals surface area contributed by atoms with E-state index in [9.17, 15) is 18.3 Å². The van der Waals surface area contributed by atoms with Crippen molar-refractivity contribution in [2.45, 2.75) is 45.4 Å². The number of aromatic nitrogens is 1. The van der Waals surface area contributed by atoms with Gasteiger partial charge in [-0.2, -0.15) is 13.2 Å². The number of rotatable bonds is 8. The molecule has 0 spiro atoms. The molecule has 0 aliphatic carbocycles. The van der Waals surface area contributed by atoms with E-state index in [2.05, 4.69) is 17.2 Å². The largest absolute Gasteiger partial charge is 0.433 e. The molecule has 0 aliphatic heterocycles. The molecule has 1 heterocycles. The average molecular weight is 366 g/mol. The van der Waals surface area contributed by atoms with Gasteiger partial charge in [0.1, 0.15) is 0 Å². The molecule has 26 heavy (non-hydrogen) atoms. The molecule has 0 fully saturated rings. The van der Waals surface area contributed by atoms with Crippen LogP contribution in [0.15, 0.2) is 36.4 Å². The number of nitrogens with one attached hydrogen (secondary N) is 1. The number of aliphatic hydroxyl groups excluding tert-OH is 1. The summed E-state index contributed by atoms with van der Waals surface area (Å²) < 4.78 is 40.4. The van der Waals surface area contributed by atoms with E-state index in [0.717, 1.165) is 24.8 Å². The molecule has 6 heteroatoms. The maximum Gasteiger partial charge on any atom is 0.433 e. The van der Waals surface area contributed by atoms with Crippen molar-refractivity contribution < 1.29 is 18.3 Å². The lowest BCUT2D eigenvalue weighted by Gasteiger charge is -2.18. The number of aliphatic hydroxyl groups is 1. The van der Waals surface area contributed by atoms with Crippen molar-refractivity contribution in [3.8, 4) is 11.3 Å². The number of aryl methyl sites for hydroxylation is 1. The molecule has 2 rings (SSSR count). The van der Waals surface area contributed by atoms with Crippen LogP contribution in [0.25, 0.3) is 11.3 Å². The Bertz CT molecular complexity index is 699. The standard InChI is InChI=1S/C20H25F3N2O/c1-3-4-5-12-24-13-18(26)16-10-11-17(25-19(16)20(21,22)23)15-8-6-14(2)7-9-15/h6-11,18,24,26H,3-5,12-13H2,1-2H3/t18-/m0/s1. The highest BCUT2D eigenvalue weighted by Crippen LogP contribution is 2.35. The molecule has 1 aromatic carbocycles. The van der Waals surface area contributed by atoms with Gasteiger partial charge in [-0.05, 0) is 26.0 Å². The van der Waals surface area contributed by atoms with Gasteiger partial charge in [0.2, 0.25) is 0 Å². The van der Waals surface area contributed by atoms with Gasteiger partial charge >= 0.3 is 6.18 Å². The lowest BCUT2D eigenvalue weighted by molar-refractivity contribution is -0.142. The number of halogens is 3. The summed E-state index contributed by atoms with van der Waals surface area (Å²) in [6.07, 6.45) is -2.84. The number of hydrogen-bond acceptors (Lipinski definition) is 3. The fourth-order valence-electron chi connectivity index (χ4n) is 2.70. The fraction of sp³-hybridized carbons (Fsp3) is 0.450. The van der Waals surface area contributed by atoms with E-state index >= 15 is 0 Å². The summed E-state index contributed by atoms with van der Waals surface area (Å²) in [6.45, 7) is 4.72. The van der Waals surface area contributed by atoms with Crippen LogP contribution in [-0.2, 0) is 6.18 Å². The van der Waals surface area contributed by atoms with Crippen molar-refractivity contribution in [2.24, 2.45) is 0 Å². The molecule has 0 saturated carbocycles. The summed E-state index contributed by atoms with van der Waals surface area (Å²) in [6, 6.07) is 9.98. The molecule has 1 atom stereocenters. The second-order valence-corrected chi connectivity index (χ2v) is 6.43. The average Bonchev–Trinajstić information content (AvgIpc) is 2.61. The van der Waals surface area contributed by atoms with E-state index in [1.165, 1.54) is 12.1 Å². The van der Waals surface area contributed by atoms with Crippen molar-refractivity contribution in [3.05, 3.63) is 53.2 Å². The molecule has 142 valence electrons. The topological polar surface area (TPSA) is 45.1 Å². The highest BCUT2D eigenvalue weighted by atomic mass is 19.4. The first-order valence-corrected chi connectivity index (χ1v) is 8.87. The van der Waals surface area contributed by atoms with Crippen molar-refractivity contribution in [3.63, 3.8) is 0 Å². The van der Waals surface area contributed by atoms with Gasteiger partial charge in [-0.15, -0.1) is 0 Å². The van der Waals surface area contributed by atoms with E-state index in [0.29, 0.717) is 12.1 Å². The number of benzene rings is 1. The van der Waals surface area contributed by atoms with Crippen molar-refractivity contribution in [2.75, 3.05) is 13.1 Å². The van der Waals surface area contributed by atoms with Crippen LogP contribution in [0.1, 0.15) is 49.1 Å². The summed E-state index contributed by atoms with van der Waals surface area (Å²) in [5.74, 6) is 0. The molecule has 0 bridgehead atoms. The van der Waals surface area contributed by atoms with Gasteiger partial charge in [0.15, 0.2) is 5.69 Å². The van der Waals surface area contributed by atoms with Crippen LogP contribution >= 0.6 is 0 Å². The third-order valence-electron chi connectivity index (χ3n) is 4.20. The second kappa shape index (κ2) is 9.14. The molecule has 3 nitrogen and oxygen atoms in total. The maximum atomic E-state index is 13.5. The van der Waals surface area contributed by atoms with Crippen LogP contribution in [0.3, 0.4) is 0 Å². The first-order valence-electron chi connectivity index (χ1n) is 8.87. The SMILES string of the molecule is CCCCCNC[C@H](O)c1ccc(-c2ccc(C)cc2)nc1C(F)(F)F. The number of alkyl halides is 3. The molecule has 0 amide bonds. The Hall–Kier alpha value is -1.92. The van der Waals surface area contributed by atoms with E-state index in [4.69, 9.17) is 0 Å². The lowest BCUT2D eigenvalue weighted by atomic mass is 10.0. The Morgan fingerprint density at radius 1 is 1.08 bits per heavy atom. The van der Waals surface area contributed by atoms with Crippen molar-refractivity contribution in [1.82, 2.24) is 10.3 Å². The molecule has 0 unspecified atom stereocenters. The molecular weight excluding hydrogens is 341 g/mol. The molecule has 0 radical (unpaired) electrons. The van der Waals surface area contributed by atoms with Gasteiger partial charge in [0, 0.05) is 17.7 Å². The van der Waals surface area contributed by atoms with E-state index in [1.807, 2.05) is 19.1 Å². The zero-order valence-corrected chi connectivity index (χ0v) is 15.1. The normalized spacial score (nSPS) is 13.0. The highest BCUT2D eigenvalue weighted by molar-refractivity contribution is 5.60. The summed E-state index contributed by atoms with van der Waals surface area (Å²) >= 11 is 0. The maximum absolute atomic E-state index is 13.5. The third-order valence-corrected chi connectivity index (χ3v) is 4.20. The summed E-state index contributed by atoms with van der Waals surface area (Å²) in [4.78, 5) is 3.81. The van der Waals surface area contributed by atoms with Crippen molar-refractivity contribution >= 4 is 0 Å². The minimum absolute atomic E-state index is 0.0678. The van der Waals surface area contributed by atoms with Gasteiger partial charge in [-0.3, -0.25) is 0 Å². The first-order chi connectivity index (χ1) is 12.3. The smallest absolute Gasteiger partial charge is 0.387 e. The van der Waals surface area contributed by atoms with Crippen LogP contribution < -0.4 is 5.32 Å². The molecule has 2 aromatic rings. The van der Waals surface area contributed by atoms with Crippen molar-refractivity contribution in [1.29, 1.82) is 0 Å². The van der Waals surface area contributed by atoms with Crippen LogP contribution in [0.5, 0.6) is 0 Å². The van der Waals surface area contributed by atoms with E-state index < -0.39 is 18.0 Å². The predicted octanol–water partition coefficient (Wildman–Crippen LogP) is 4.89. The molecule has 0 saturated heterocycles. The molecule has 2 N–H and O–H groups in total.